The molecule has 0 aromatic carbocycles. The Morgan fingerprint density at radius 1 is 1.25 bits per heavy atom. The minimum absolute atomic E-state index is 0.176. The van der Waals surface area contributed by atoms with Gasteiger partial charge in [0.2, 0.25) is 0 Å². The molecule has 5 aromatic rings. The first-order valence-corrected chi connectivity index (χ1v) is 9.45. The van der Waals surface area contributed by atoms with E-state index in [-0.39, 0.29) is 12.1 Å². The van der Waals surface area contributed by atoms with E-state index in [0.717, 1.165) is 26.4 Å². The van der Waals surface area contributed by atoms with Crippen molar-refractivity contribution < 1.29 is 0 Å². The number of fused-ring (bicyclic) bond motifs is 3. The van der Waals surface area contributed by atoms with E-state index in [0.29, 0.717) is 23.4 Å². The average molecular weight is 392 g/mol. The molecule has 0 fully saturated rings. The van der Waals surface area contributed by atoms with Gasteiger partial charge in [-0.25, -0.2) is 14.6 Å². The average Bonchev–Trinajstić information content (AvgIpc) is 3.37. The van der Waals surface area contributed by atoms with E-state index in [1.54, 1.807) is 29.8 Å². The zero-order valence-electron chi connectivity index (χ0n) is 15.0. The van der Waals surface area contributed by atoms with Crippen LogP contribution in [0.1, 0.15) is 16.4 Å². The number of H-pyrrole nitrogens is 1. The quantitative estimate of drug-likeness (QED) is 0.480. The Bertz CT molecular complexity index is 1360. The van der Waals surface area contributed by atoms with E-state index < -0.39 is 0 Å². The molecule has 28 heavy (non-hydrogen) atoms. The van der Waals surface area contributed by atoms with Gasteiger partial charge < -0.3 is 10.3 Å². The van der Waals surface area contributed by atoms with Crippen LogP contribution in [0.2, 0.25) is 0 Å². The maximum absolute atomic E-state index is 13.0. The Morgan fingerprint density at radius 3 is 2.93 bits per heavy atom. The van der Waals surface area contributed by atoms with Crippen LogP contribution in [-0.4, -0.2) is 34.5 Å². The van der Waals surface area contributed by atoms with Gasteiger partial charge in [-0.15, -0.1) is 11.3 Å². The Labute approximate surface area is 162 Å². The predicted octanol–water partition coefficient (Wildman–Crippen LogP) is 1.68. The number of pyridine rings is 1. The van der Waals surface area contributed by atoms with Crippen molar-refractivity contribution in [2.24, 2.45) is 7.05 Å². The summed E-state index contributed by atoms with van der Waals surface area (Å²) in [5, 5.41) is 13.0. The zero-order valence-corrected chi connectivity index (χ0v) is 15.8. The molecule has 0 spiro atoms. The summed E-state index contributed by atoms with van der Waals surface area (Å²) in [6, 6.07) is 7.27. The van der Waals surface area contributed by atoms with Gasteiger partial charge in [-0.3, -0.25) is 9.89 Å². The molecule has 5 aromatic heterocycles. The van der Waals surface area contributed by atoms with E-state index in [4.69, 9.17) is 10.7 Å². The van der Waals surface area contributed by atoms with Crippen LogP contribution >= 0.6 is 11.3 Å². The topological polar surface area (TPSA) is 120 Å². The first-order valence-electron chi connectivity index (χ1n) is 8.64. The molecular formula is C18H16N8OS. The molecule has 5 rings (SSSR count). The molecule has 0 aliphatic carbocycles. The van der Waals surface area contributed by atoms with Crippen molar-refractivity contribution in [2.45, 2.75) is 13.0 Å². The van der Waals surface area contributed by atoms with Crippen LogP contribution in [0.3, 0.4) is 0 Å². The van der Waals surface area contributed by atoms with Gasteiger partial charge in [-0.05, 0) is 18.2 Å². The highest BCUT2D eigenvalue weighted by Crippen LogP contribution is 2.31. The van der Waals surface area contributed by atoms with Crippen molar-refractivity contribution in [3.8, 4) is 0 Å². The third-order valence-electron chi connectivity index (χ3n) is 4.61. The summed E-state index contributed by atoms with van der Waals surface area (Å²) in [5.74, 6) is 0.417. The second kappa shape index (κ2) is 6.27. The van der Waals surface area contributed by atoms with Crippen LogP contribution in [0, 0.1) is 0 Å². The number of nitrogen functional groups attached to an aromatic ring is 1. The molecule has 10 heteroatoms. The molecule has 0 aliphatic rings. The summed E-state index contributed by atoms with van der Waals surface area (Å²) in [5.41, 5.74) is 8.61. The number of hydrogen-bond donors (Lipinski definition) is 2. The van der Waals surface area contributed by atoms with Gasteiger partial charge >= 0.3 is 0 Å². The molecule has 0 bridgehead atoms. The fourth-order valence-corrected chi connectivity index (χ4v) is 4.44. The number of rotatable bonds is 4. The lowest BCUT2D eigenvalue weighted by atomic mass is 10.3. The number of aromatic amines is 1. The van der Waals surface area contributed by atoms with Crippen LogP contribution in [0.15, 0.2) is 41.5 Å². The third kappa shape index (κ3) is 2.65. The lowest BCUT2D eigenvalue weighted by molar-refractivity contribution is 0.633. The number of anilines is 1. The van der Waals surface area contributed by atoms with E-state index in [9.17, 15) is 4.79 Å². The van der Waals surface area contributed by atoms with E-state index >= 15 is 0 Å². The molecule has 9 nitrogen and oxygen atoms in total. The normalized spacial score (nSPS) is 11.6. The Hall–Kier alpha value is -3.53. The zero-order chi connectivity index (χ0) is 19.3. The second-order valence-electron chi connectivity index (χ2n) is 6.50. The Balaban J connectivity index is 1.59. The molecule has 0 atom stereocenters. The molecule has 5 heterocycles. The van der Waals surface area contributed by atoms with Gasteiger partial charge in [0.15, 0.2) is 5.65 Å². The highest BCUT2D eigenvalue weighted by Gasteiger charge is 2.18. The SMILES string of the molecule is Cn1c2nc(Cc3ccn[nH]3)sc2c2cnn(Cc3cccc(N)n3)c(=O)c21. The smallest absolute Gasteiger partial charge is 0.291 e. The first-order chi connectivity index (χ1) is 13.6. The summed E-state index contributed by atoms with van der Waals surface area (Å²) in [6.45, 7) is 0.261. The summed E-state index contributed by atoms with van der Waals surface area (Å²) in [7, 11) is 1.86. The number of aromatic nitrogens is 7. The Kier molecular flexibility index (Phi) is 3.72. The van der Waals surface area contributed by atoms with Gasteiger partial charge in [0.25, 0.3) is 5.56 Å². The van der Waals surface area contributed by atoms with Crippen molar-refractivity contribution in [2.75, 3.05) is 5.73 Å². The molecule has 140 valence electrons. The number of nitrogens with two attached hydrogens (primary N) is 1. The van der Waals surface area contributed by atoms with Crippen molar-refractivity contribution in [1.29, 1.82) is 0 Å². The largest absolute Gasteiger partial charge is 0.384 e. The van der Waals surface area contributed by atoms with E-state index in [1.165, 1.54) is 4.68 Å². The van der Waals surface area contributed by atoms with Gasteiger partial charge in [-0.1, -0.05) is 6.07 Å². The van der Waals surface area contributed by atoms with Crippen LogP contribution in [-0.2, 0) is 20.0 Å². The predicted molar refractivity (Wildman–Crippen MR) is 107 cm³/mol. The fourth-order valence-electron chi connectivity index (χ4n) is 3.31. The molecule has 0 saturated carbocycles. The number of nitrogens with one attached hydrogen (secondary N) is 1. The van der Waals surface area contributed by atoms with Gasteiger partial charge in [0, 0.05) is 30.7 Å². The fraction of sp³-hybridized carbons (Fsp3) is 0.167. The molecular weight excluding hydrogens is 376 g/mol. The molecule has 0 saturated heterocycles. The van der Waals surface area contributed by atoms with Crippen molar-refractivity contribution in [3.63, 3.8) is 0 Å². The third-order valence-corrected chi connectivity index (χ3v) is 5.69. The van der Waals surface area contributed by atoms with Crippen molar-refractivity contribution in [1.82, 2.24) is 34.5 Å². The van der Waals surface area contributed by atoms with Crippen LogP contribution in [0.5, 0.6) is 0 Å². The van der Waals surface area contributed by atoms with E-state index in [1.807, 2.05) is 29.8 Å². The number of hydrogen-bond acceptors (Lipinski definition) is 7. The van der Waals surface area contributed by atoms with Crippen molar-refractivity contribution >= 4 is 38.4 Å². The highest BCUT2D eigenvalue weighted by molar-refractivity contribution is 7.19. The lowest BCUT2D eigenvalue weighted by Crippen LogP contribution is -2.25. The summed E-state index contributed by atoms with van der Waals surface area (Å²) >= 11 is 1.57. The number of aryl methyl sites for hydroxylation is 1. The minimum atomic E-state index is -0.176. The maximum atomic E-state index is 13.0. The van der Waals surface area contributed by atoms with Crippen molar-refractivity contribution in [3.05, 3.63) is 63.4 Å². The van der Waals surface area contributed by atoms with Crippen LogP contribution in [0.25, 0.3) is 21.3 Å². The van der Waals surface area contributed by atoms with E-state index in [2.05, 4.69) is 20.3 Å². The number of thiazole rings is 1. The second-order valence-corrected chi connectivity index (χ2v) is 7.59. The van der Waals surface area contributed by atoms with Gasteiger partial charge in [0.1, 0.15) is 16.3 Å². The first kappa shape index (κ1) is 16.6. The molecule has 0 aliphatic heterocycles. The highest BCUT2D eigenvalue weighted by atomic mass is 32.1. The van der Waals surface area contributed by atoms with Gasteiger partial charge in [-0.2, -0.15) is 10.2 Å². The van der Waals surface area contributed by atoms with Crippen LogP contribution in [0.4, 0.5) is 5.82 Å². The van der Waals surface area contributed by atoms with Gasteiger partial charge in [0.05, 0.1) is 23.1 Å². The lowest BCUT2D eigenvalue weighted by Gasteiger charge is -2.05. The molecule has 3 N–H and O–H groups in total. The standard InChI is InChI=1S/C18H16N8OS/c1-25-15-12(16-17(25)23-14(28-16)7-10-5-6-20-24-10)8-21-26(18(15)27)9-11-3-2-4-13(19)22-11/h2-6,8H,7,9H2,1H3,(H2,19,22)(H,20,24). The maximum Gasteiger partial charge on any atom is 0.291 e. The summed E-state index contributed by atoms with van der Waals surface area (Å²) in [6.07, 6.45) is 4.12. The summed E-state index contributed by atoms with van der Waals surface area (Å²) in [4.78, 5) is 22.0. The van der Waals surface area contributed by atoms with Crippen LogP contribution < -0.4 is 11.3 Å². The summed E-state index contributed by atoms with van der Waals surface area (Å²) < 4.78 is 4.20. The molecule has 0 unspecified atom stereocenters. The molecule has 0 amide bonds. The monoisotopic (exact) mass is 392 g/mol. The number of nitrogens with zero attached hydrogens (tertiary/aromatic N) is 6. The Morgan fingerprint density at radius 2 is 2.14 bits per heavy atom. The molecule has 0 radical (unpaired) electrons. The minimum Gasteiger partial charge on any atom is -0.384 e.